The quantitative estimate of drug-likeness (QED) is 0.496. The minimum atomic E-state index is -0.182. The Balaban J connectivity index is 2.02. The van der Waals surface area contributed by atoms with Crippen LogP contribution in [0.2, 0.25) is 0 Å². The zero-order valence-corrected chi connectivity index (χ0v) is 19.5. The molecule has 0 unspecified atom stereocenters. The van der Waals surface area contributed by atoms with Crippen molar-refractivity contribution in [2.45, 2.75) is 72.8 Å². The number of aromatic amines is 1. The highest BCUT2D eigenvalue weighted by atomic mass is 16.1. The molecule has 0 aliphatic heterocycles. The number of hydrogen-bond donors (Lipinski definition) is 3. The first-order valence-corrected chi connectivity index (χ1v) is 10.5. The van der Waals surface area contributed by atoms with Crippen molar-refractivity contribution in [1.82, 2.24) is 14.6 Å². The van der Waals surface area contributed by atoms with Crippen molar-refractivity contribution in [2.24, 2.45) is 5.41 Å². The van der Waals surface area contributed by atoms with Crippen LogP contribution in [-0.4, -0.2) is 26.0 Å². The summed E-state index contributed by atoms with van der Waals surface area (Å²) in [5.74, 6) is 0.726. The molecule has 162 valence electrons. The van der Waals surface area contributed by atoms with Crippen LogP contribution in [0, 0.1) is 5.41 Å². The molecule has 30 heavy (non-hydrogen) atoms. The Hall–Kier alpha value is -2.76. The van der Waals surface area contributed by atoms with Crippen LogP contribution in [-0.2, 0) is 5.41 Å². The topological polar surface area (TPSA) is 74.2 Å². The first kappa shape index (κ1) is 21.9. The molecular weight excluding hydrogens is 374 g/mol. The second kappa shape index (κ2) is 7.49. The van der Waals surface area contributed by atoms with Crippen molar-refractivity contribution in [2.75, 3.05) is 10.6 Å². The molecule has 0 radical (unpaired) electrons. The Labute approximate surface area is 179 Å². The van der Waals surface area contributed by atoms with Crippen molar-refractivity contribution in [1.29, 1.82) is 0 Å². The van der Waals surface area contributed by atoms with Gasteiger partial charge in [0.2, 0.25) is 0 Å². The molecule has 2 aromatic heterocycles. The maximum atomic E-state index is 12.9. The molecule has 6 heteroatoms. The number of nitrogens with one attached hydrogen (secondary N) is 3. The average Bonchev–Trinajstić information content (AvgIpc) is 3.13. The van der Waals surface area contributed by atoms with E-state index in [0.717, 1.165) is 23.6 Å². The number of rotatable bonds is 5. The van der Waals surface area contributed by atoms with Crippen molar-refractivity contribution < 1.29 is 4.79 Å². The number of carbonyl (C=O) groups is 1. The summed E-state index contributed by atoms with van der Waals surface area (Å²) in [4.78, 5) is 16.4. The molecule has 6 nitrogen and oxygen atoms in total. The highest BCUT2D eigenvalue weighted by Gasteiger charge is 2.32. The minimum absolute atomic E-state index is 0.145. The van der Waals surface area contributed by atoms with E-state index in [4.69, 9.17) is 0 Å². The molecular formula is C24H35N5O. The van der Waals surface area contributed by atoms with Gasteiger partial charge in [0.25, 0.3) is 5.91 Å². The number of nitrogens with zero attached hydrogens (tertiary/aromatic N) is 2. The fourth-order valence-corrected chi connectivity index (χ4v) is 4.16. The molecule has 1 amide bonds. The third kappa shape index (κ3) is 4.86. The summed E-state index contributed by atoms with van der Waals surface area (Å²) in [6.07, 6.45) is 2.61. The molecule has 0 aliphatic carbocycles. The average molecular weight is 410 g/mol. The fourth-order valence-electron chi connectivity index (χ4n) is 4.16. The van der Waals surface area contributed by atoms with Gasteiger partial charge < -0.3 is 15.6 Å². The summed E-state index contributed by atoms with van der Waals surface area (Å²) < 4.78 is 1.82. The van der Waals surface area contributed by atoms with E-state index >= 15 is 0 Å². The number of fused-ring (bicyclic) bond motifs is 1. The van der Waals surface area contributed by atoms with E-state index in [0.29, 0.717) is 11.2 Å². The number of aromatic nitrogens is 3. The van der Waals surface area contributed by atoms with Crippen molar-refractivity contribution in [3.05, 3.63) is 47.8 Å². The zero-order valence-electron chi connectivity index (χ0n) is 19.5. The van der Waals surface area contributed by atoms with Crippen LogP contribution in [0.15, 0.2) is 36.5 Å². The predicted molar refractivity (Wildman–Crippen MR) is 124 cm³/mol. The first-order valence-electron chi connectivity index (χ1n) is 10.5. The minimum Gasteiger partial charge on any atom is -0.364 e. The molecule has 0 saturated heterocycles. The zero-order chi connectivity index (χ0) is 22.3. The molecule has 1 aromatic carbocycles. The first-order chi connectivity index (χ1) is 13.8. The van der Waals surface area contributed by atoms with E-state index in [-0.39, 0.29) is 22.3 Å². The third-order valence-electron chi connectivity index (χ3n) is 4.92. The molecule has 2 heterocycles. The Morgan fingerprint density at radius 3 is 2.23 bits per heavy atom. The SMILES string of the molecule is CC(C)(C)CC(C)(C)Nc1c(C(C)(C)C)[nH]c2c(C(=O)Nc3ccccc3)cnn12. The van der Waals surface area contributed by atoms with Crippen LogP contribution in [0.5, 0.6) is 0 Å². The van der Waals surface area contributed by atoms with Crippen LogP contribution in [0.4, 0.5) is 11.5 Å². The number of benzene rings is 1. The molecule has 3 N–H and O–H groups in total. The lowest BCUT2D eigenvalue weighted by Crippen LogP contribution is -2.36. The summed E-state index contributed by atoms with van der Waals surface area (Å²) in [7, 11) is 0. The van der Waals surface area contributed by atoms with Gasteiger partial charge in [-0.2, -0.15) is 9.61 Å². The lowest BCUT2D eigenvalue weighted by Gasteiger charge is -2.34. The molecule has 0 spiro atoms. The standard InChI is InChI=1S/C24H35N5O/c1-22(2,3)15-24(7,8)28-20-18(23(4,5)6)27-19-17(14-25-29(19)20)21(30)26-16-12-10-9-11-13-16/h9-14,27-28H,15H2,1-8H3,(H,26,30). The molecule has 0 atom stereocenters. The smallest absolute Gasteiger partial charge is 0.261 e. The second-order valence-corrected chi connectivity index (χ2v) is 11.0. The monoisotopic (exact) mass is 409 g/mol. The van der Waals surface area contributed by atoms with Gasteiger partial charge in [-0.25, -0.2) is 0 Å². The maximum Gasteiger partial charge on any atom is 0.261 e. The largest absolute Gasteiger partial charge is 0.364 e. The summed E-state index contributed by atoms with van der Waals surface area (Å²) in [5, 5.41) is 11.2. The van der Waals surface area contributed by atoms with Crippen molar-refractivity contribution >= 4 is 23.1 Å². The van der Waals surface area contributed by atoms with Gasteiger partial charge in [0, 0.05) is 16.6 Å². The maximum absolute atomic E-state index is 12.9. The summed E-state index contributed by atoms with van der Waals surface area (Å²) in [5.41, 5.74) is 2.89. The molecule has 3 aromatic rings. The van der Waals surface area contributed by atoms with Crippen molar-refractivity contribution in [3.8, 4) is 0 Å². The van der Waals surface area contributed by atoms with Crippen LogP contribution in [0.25, 0.3) is 5.65 Å². The Morgan fingerprint density at radius 1 is 1.03 bits per heavy atom. The van der Waals surface area contributed by atoms with Crippen LogP contribution in [0.3, 0.4) is 0 Å². The van der Waals surface area contributed by atoms with E-state index in [1.54, 1.807) is 6.20 Å². The predicted octanol–water partition coefficient (Wildman–Crippen LogP) is 5.84. The van der Waals surface area contributed by atoms with Gasteiger partial charge in [-0.1, -0.05) is 59.7 Å². The van der Waals surface area contributed by atoms with Gasteiger partial charge in [-0.3, -0.25) is 4.79 Å². The van der Waals surface area contributed by atoms with Gasteiger partial charge >= 0.3 is 0 Å². The van der Waals surface area contributed by atoms with Gasteiger partial charge in [0.15, 0.2) is 0 Å². The number of anilines is 2. The fraction of sp³-hybridized carbons (Fsp3) is 0.500. The Bertz CT molecular complexity index is 1030. The van der Waals surface area contributed by atoms with Gasteiger partial charge in [0.05, 0.1) is 11.9 Å². The van der Waals surface area contributed by atoms with E-state index in [2.05, 4.69) is 76.1 Å². The number of amides is 1. The number of para-hydroxylation sites is 1. The highest BCUT2D eigenvalue weighted by molar-refractivity contribution is 6.08. The molecule has 0 fully saturated rings. The van der Waals surface area contributed by atoms with Crippen LogP contribution in [0.1, 0.15) is 77.9 Å². The highest BCUT2D eigenvalue weighted by Crippen LogP contribution is 2.35. The molecule has 3 rings (SSSR count). The number of H-pyrrole nitrogens is 1. The molecule has 0 aliphatic rings. The lowest BCUT2D eigenvalue weighted by atomic mass is 9.81. The summed E-state index contributed by atoms with van der Waals surface area (Å²) in [6.45, 7) is 17.6. The summed E-state index contributed by atoms with van der Waals surface area (Å²) in [6, 6.07) is 9.46. The van der Waals surface area contributed by atoms with Crippen LogP contribution >= 0.6 is 0 Å². The Kier molecular flexibility index (Phi) is 5.48. The van der Waals surface area contributed by atoms with Gasteiger partial charge in [-0.05, 0) is 37.8 Å². The third-order valence-corrected chi connectivity index (χ3v) is 4.92. The van der Waals surface area contributed by atoms with E-state index in [1.807, 2.05) is 34.8 Å². The molecule has 0 bridgehead atoms. The van der Waals surface area contributed by atoms with Gasteiger partial charge in [-0.15, -0.1) is 0 Å². The number of carbonyl (C=O) groups excluding carboxylic acids is 1. The van der Waals surface area contributed by atoms with E-state index in [1.165, 1.54) is 0 Å². The van der Waals surface area contributed by atoms with E-state index in [9.17, 15) is 4.79 Å². The summed E-state index contributed by atoms with van der Waals surface area (Å²) >= 11 is 0. The van der Waals surface area contributed by atoms with E-state index < -0.39 is 0 Å². The number of imidazole rings is 1. The normalized spacial score (nSPS) is 12.9. The number of hydrogen-bond acceptors (Lipinski definition) is 3. The molecule has 0 saturated carbocycles. The second-order valence-electron chi connectivity index (χ2n) is 11.0. The Morgan fingerprint density at radius 2 is 1.67 bits per heavy atom. The lowest BCUT2D eigenvalue weighted by molar-refractivity contribution is 0.102. The van der Waals surface area contributed by atoms with Crippen molar-refractivity contribution in [3.63, 3.8) is 0 Å². The van der Waals surface area contributed by atoms with Gasteiger partial charge in [0.1, 0.15) is 17.0 Å². The van der Waals surface area contributed by atoms with Crippen LogP contribution < -0.4 is 10.6 Å².